The van der Waals surface area contributed by atoms with Crippen molar-refractivity contribution in [3.8, 4) is 0 Å². The Morgan fingerprint density at radius 2 is 1.80 bits per heavy atom. The van der Waals surface area contributed by atoms with Crippen LogP contribution in [0.2, 0.25) is 0 Å². The van der Waals surface area contributed by atoms with E-state index in [4.69, 9.17) is 0 Å². The lowest BCUT2D eigenvalue weighted by Gasteiger charge is -2.29. The Bertz CT molecular complexity index is 962. The summed E-state index contributed by atoms with van der Waals surface area (Å²) in [6.45, 7) is 1.40. The summed E-state index contributed by atoms with van der Waals surface area (Å²) in [6, 6.07) is 9.88. The van der Waals surface area contributed by atoms with Crippen molar-refractivity contribution < 1.29 is 23.2 Å². The fourth-order valence-electron chi connectivity index (χ4n) is 3.37. The van der Waals surface area contributed by atoms with Crippen LogP contribution < -0.4 is 15.5 Å². The minimum atomic E-state index is -0.880. The van der Waals surface area contributed by atoms with Crippen molar-refractivity contribution in [1.82, 2.24) is 4.90 Å². The summed E-state index contributed by atoms with van der Waals surface area (Å²) < 4.78 is 27.4. The third kappa shape index (κ3) is 4.80. The Kier molecular flexibility index (Phi) is 6.41. The Morgan fingerprint density at radius 1 is 1.13 bits per heavy atom. The van der Waals surface area contributed by atoms with E-state index in [1.807, 2.05) is 0 Å². The maximum absolute atomic E-state index is 13.7. The van der Waals surface area contributed by atoms with Gasteiger partial charge in [-0.2, -0.15) is 0 Å². The number of hydrogen-bond donors (Lipinski definition) is 2. The van der Waals surface area contributed by atoms with E-state index in [-0.39, 0.29) is 37.4 Å². The number of nitrogens with one attached hydrogen (secondary N) is 2. The van der Waals surface area contributed by atoms with Crippen LogP contribution in [0.15, 0.2) is 42.5 Å². The molecule has 1 atom stereocenters. The monoisotopic (exact) mass is 416 g/mol. The zero-order valence-electron chi connectivity index (χ0n) is 16.6. The SMILES string of the molecule is C[C@H]1CC(=O)Nc2ccccc2N1C(=O)CN(C)CC(=O)Nc1c(F)cccc1F. The normalized spacial score (nSPS) is 16.0. The van der Waals surface area contributed by atoms with E-state index in [1.165, 1.54) is 15.9 Å². The molecule has 0 aliphatic carbocycles. The van der Waals surface area contributed by atoms with E-state index in [2.05, 4.69) is 10.6 Å². The molecule has 0 fully saturated rings. The first kappa shape index (κ1) is 21.4. The summed E-state index contributed by atoms with van der Waals surface area (Å²) in [5.74, 6) is -2.91. The van der Waals surface area contributed by atoms with Crippen molar-refractivity contribution in [2.24, 2.45) is 0 Å². The number of benzene rings is 2. The molecular weight excluding hydrogens is 394 g/mol. The second kappa shape index (κ2) is 9.00. The van der Waals surface area contributed by atoms with Crippen LogP contribution in [0.25, 0.3) is 0 Å². The molecule has 0 unspecified atom stereocenters. The lowest BCUT2D eigenvalue weighted by atomic mass is 10.1. The summed E-state index contributed by atoms with van der Waals surface area (Å²) in [4.78, 5) is 40.2. The number of rotatable bonds is 5. The largest absolute Gasteiger partial charge is 0.324 e. The molecule has 7 nitrogen and oxygen atoms in total. The van der Waals surface area contributed by atoms with E-state index in [0.29, 0.717) is 11.4 Å². The van der Waals surface area contributed by atoms with Crippen molar-refractivity contribution in [1.29, 1.82) is 0 Å². The number of hydrogen-bond acceptors (Lipinski definition) is 4. The van der Waals surface area contributed by atoms with Crippen molar-refractivity contribution in [2.75, 3.05) is 35.7 Å². The first-order valence-electron chi connectivity index (χ1n) is 9.39. The van der Waals surface area contributed by atoms with Gasteiger partial charge in [-0.1, -0.05) is 18.2 Å². The minimum absolute atomic E-state index is 0.125. The third-order valence-electron chi connectivity index (χ3n) is 4.67. The second-order valence-corrected chi connectivity index (χ2v) is 7.20. The topological polar surface area (TPSA) is 81.8 Å². The number of carbonyl (C=O) groups is 3. The van der Waals surface area contributed by atoms with Crippen molar-refractivity contribution in [3.63, 3.8) is 0 Å². The number of halogens is 2. The molecule has 0 radical (unpaired) electrons. The van der Waals surface area contributed by atoms with Gasteiger partial charge < -0.3 is 15.5 Å². The van der Waals surface area contributed by atoms with Crippen LogP contribution in [0.1, 0.15) is 13.3 Å². The van der Waals surface area contributed by atoms with Gasteiger partial charge in [-0.25, -0.2) is 8.78 Å². The van der Waals surface area contributed by atoms with Crippen molar-refractivity contribution in [3.05, 3.63) is 54.1 Å². The summed E-state index contributed by atoms with van der Waals surface area (Å²) in [6.07, 6.45) is 0.136. The molecule has 0 aromatic heterocycles. The van der Waals surface area contributed by atoms with Crippen LogP contribution in [0.3, 0.4) is 0 Å². The highest BCUT2D eigenvalue weighted by Gasteiger charge is 2.30. The van der Waals surface area contributed by atoms with Gasteiger partial charge in [0.25, 0.3) is 0 Å². The molecule has 0 bridgehead atoms. The van der Waals surface area contributed by atoms with Gasteiger partial charge in [-0.3, -0.25) is 19.3 Å². The lowest BCUT2D eigenvalue weighted by Crippen LogP contribution is -2.45. The zero-order chi connectivity index (χ0) is 21.8. The third-order valence-corrected chi connectivity index (χ3v) is 4.67. The van der Waals surface area contributed by atoms with Gasteiger partial charge in [0.2, 0.25) is 17.7 Å². The molecule has 2 aromatic carbocycles. The smallest absolute Gasteiger partial charge is 0.241 e. The molecule has 2 aromatic rings. The molecule has 9 heteroatoms. The van der Waals surface area contributed by atoms with Crippen molar-refractivity contribution >= 4 is 34.8 Å². The molecule has 1 heterocycles. The summed E-state index contributed by atoms with van der Waals surface area (Å²) >= 11 is 0. The molecule has 0 saturated carbocycles. The molecule has 3 rings (SSSR count). The van der Waals surface area contributed by atoms with E-state index in [0.717, 1.165) is 12.1 Å². The van der Waals surface area contributed by atoms with E-state index in [9.17, 15) is 23.2 Å². The maximum Gasteiger partial charge on any atom is 0.241 e. The Balaban J connectivity index is 1.68. The number of carbonyl (C=O) groups excluding carboxylic acids is 3. The van der Waals surface area contributed by atoms with Crippen LogP contribution in [0.4, 0.5) is 25.8 Å². The quantitative estimate of drug-likeness (QED) is 0.785. The highest BCUT2D eigenvalue weighted by molar-refractivity contribution is 6.05. The van der Waals surface area contributed by atoms with Crippen LogP contribution >= 0.6 is 0 Å². The lowest BCUT2D eigenvalue weighted by molar-refractivity contribution is -0.121. The van der Waals surface area contributed by atoms with Gasteiger partial charge >= 0.3 is 0 Å². The summed E-state index contributed by atoms with van der Waals surface area (Å²) in [5.41, 5.74) is 0.588. The first-order chi connectivity index (χ1) is 14.3. The number of anilines is 3. The van der Waals surface area contributed by atoms with Crippen LogP contribution in [-0.4, -0.2) is 48.8 Å². The number of nitrogens with zero attached hydrogens (tertiary/aromatic N) is 2. The van der Waals surface area contributed by atoms with Gasteiger partial charge in [0.15, 0.2) is 0 Å². The predicted octanol–water partition coefficient (Wildman–Crippen LogP) is 2.60. The van der Waals surface area contributed by atoms with Gasteiger partial charge in [-0.15, -0.1) is 0 Å². The zero-order valence-corrected chi connectivity index (χ0v) is 16.6. The van der Waals surface area contributed by atoms with E-state index in [1.54, 1.807) is 38.2 Å². The summed E-state index contributed by atoms with van der Waals surface area (Å²) in [5, 5.41) is 4.97. The average molecular weight is 416 g/mol. The molecule has 0 saturated heterocycles. The molecule has 1 aliphatic rings. The molecule has 1 aliphatic heterocycles. The Morgan fingerprint density at radius 3 is 2.50 bits per heavy atom. The number of para-hydroxylation sites is 3. The van der Waals surface area contributed by atoms with Crippen LogP contribution in [-0.2, 0) is 14.4 Å². The number of likely N-dealkylation sites (N-methyl/N-ethyl adjacent to an activating group) is 1. The van der Waals surface area contributed by atoms with E-state index >= 15 is 0 Å². The second-order valence-electron chi connectivity index (χ2n) is 7.20. The van der Waals surface area contributed by atoms with E-state index < -0.39 is 23.2 Å². The predicted molar refractivity (Wildman–Crippen MR) is 109 cm³/mol. The fraction of sp³-hybridized carbons (Fsp3) is 0.286. The highest BCUT2D eigenvalue weighted by atomic mass is 19.1. The molecule has 30 heavy (non-hydrogen) atoms. The van der Waals surface area contributed by atoms with Gasteiger partial charge in [-0.05, 0) is 38.2 Å². The highest BCUT2D eigenvalue weighted by Crippen LogP contribution is 2.31. The Hall–Kier alpha value is -3.33. The average Bonchev–Trinajstić information content (AvgIpc) is 2.78. The number of amides is 3. The fourth-order valence-corrected chi connectivity index (χ4v) is 3.37. The number of fused-ring (bicyclic) bond motifs is 1. The summed E-state index contributed by atoms with van der Waals surface area (Å²) in [7, 11) is 1.55. The van der Waals surface area contributed by atoms with Crippen molar-refractivity contribution in [2.45, 2.75) is 19.4 Å². The van der Waals surface area contributed by atoms with Gasteiger partial charge in [0.05, 0.1) is 24.5 Å². The van der Waals surface area contributed by atoms with Crippen LogP contribution in [0, 0.1) is 11.6 Å². The molecule has 0 spiro atoms. The molecule has 2 N–H and O–H groups in total. The maximum atomic E-state index is 13.7. The minimum Gasteiger partial charge on any atom is -0.324 e. The standard InChI is InChI=1S/C21H22F2N4O3/c1-13-10-18(28)24-16-8-3-4-9-17(16)27(13)20(30)12-26(2)11-19(29)25-21-14(22)6-5-7-15(21)23/h3-9,13H,10-12H2,1-2H3,(H,24,28)(H,25,29)/t13-/m0/s1. The molecule has 3 amide bonds. The molecule has 158 valence electrons. The van der Waals surface area contributed by atoms with Gasteiger partial charge in [0, 0.05) is 12.5 Å². The Labute approximate surface area is 172 Å². The van der Waals surface area contributed by atoms with Crippen LogP contribution in [0.5, 0.6) is 0 Å². The first-order valence-corrected chi connectivity index (χ1v) is 9.39. The molecular formula is C21H22F2N4O3. The van der Waals surface area contributed by atoms with Gasteiger partial charge in [0.1, 0.15) is 17.3 Å².